The van der Waals surface area contributed by atoms with Crippen molar-refractivity contribution in [2.24, 2.45) is 0 Å². The smallest absolute Gasteiger partial charge is 0.297 e. The van der Waals surface area contributed by atoms with Gasteiger partial charge in [0.05, 0.1) is 11.3 Å². The monoisotopic (exact) mass is 247 g/mol. The lowest BCUT2D eigenvalue weighted by atomic mass is 10.2. The fourth-order valence-corrected chi connectivity index (χ4v) is 1.63. The second-order valence-electron chi connectivity index (χ2n) is 3.23. The molecule has 0 radical (unpaired) electrons. The molecule has 0 aliphatic carbocycles. The third-order valence-electron chi connectivity index (χ3n) is 2.17. The third kappa shape index (κ3) is 1.98. The van der Waals surface area contributed by atoms with Gasteiger partial charge in [-0.25, -0.2) is 9.36 Å². The van der Waals surface area contributed by atoms with Crippen LogP contribution in [0, 0.1) is 11.3 Å². The maximum absolute atomic E-state index is 11.7. The Bertz CT molecular complexity index is 693. The molecule has 1 aromatic carbocycles. The zero-order valence-electron chi connectivity index (χ0n) is 8.48. The highest BCUT2D eigenvalue weighted by Gasteiger charge is 2.09. The van der Waals surface area contributed by atoms with Crippen LogP contribution in [0.3, 0.4) is 0 Å². The molecule has 0 amide bonds. The molecular formula is C11H6ClN3O2. The van der Waals surface area contributed by atoms with E-state index in [0.717, 1.165) is 10.6 Å². The highest BCUT2D eigenvalue weighted by molar-refractivity contribution is 6.29. The number of rotatable bonds is 1. The molecule has 1 aromatic heterocycles. The van der Waals surface area contributed by atoms with Crippen molar-refractivity contribution in [3.8, 4) is 11.8 Å². The van der Waals surface area contributed by atoms with Crippen molar-refractivity contribution in [2.75, 3.05) is 0 Å². The van der Waals surface area contributed by atoms with Gasteiger partial charge in [-0.15, -0.1) is 0 Å². The first-order valence-corrected chi connectivity index (χ1v) is 5.02. The van der Waals surface area contributed by atoms with Crippen molar-refractivity contribution in [2.45, 2.75) is 0 Å². The lowest BCUT2D eigenvalue weighted by molar-refractivity contribution is 0.873. The predicted octanol–water partition coefficient (Wildman–Crippen LogP) is 1.05. The number of hydrogen-bond donors (Lipinski definition) is 1. The summed E-state index contributed by atoms with van der Waals surface area (Å²) in [4.78, 5) is 25.6. The van der Waals surface area contributed by atoms with Crippen LogP contribution in [-0.2, 0) is 0 Å². The summed E-state index contributed by atoms with van der Waals surface area (Å²) in [6.07, 6.45) is 0. The second kappa shape index (κ2) is 4.28. The Morgan fingerprint density at radius 1 is 1.29 bits per heavy atom. The fourth-order valence-electron chi connectivity index (χ4n) is 1.46. The van der Waals surface area contributed by atoms with Crippen molar-refractivity contribution in [1.82, 2.24) is 9.55 Å². The molecule has 0 spiro atoms. The molecule has 17 heavy (non-hydrogen) atoms. The molecule has 1 heterocycles. The molecule has 0 unspecified atom stereocenters. The quantitative estimate of drug-likeness (QED) is 0.765. The van der Waals surface area contributed by atoms with Gasteiger partial charge in [-0.2, -0.15) is 5.26 Å². The van der Waals surface area contributed by atoms with Gasteiger partial charge in [0, 0.05) is 6.07 Å². The third-order valence-corrected chi connectivity index (χ3v) is 2.37. The van der Waals surface area contributed by atoms with Crippen LogP contribution in [0.1, 0.15) is 5.56 Å². The lowest BCUT2D eigenvalue weighted by Crippen LogP contribution is -2.33. The Balaban J connectivity index is 2.84. The molecular weight excluding hydrogens is 242 g/mol. The van der Waals surface area contributed by atoms with E-state index in [9.17, 15) is 9.59 Å². The minimum absolute atomic E-state index is 0.0364. The molecule has 2 aromatic rings. The maximum Gasteiger partial charge on any atom is 0.334 e. The van der Waals surface area contributed by atoms with E-state index in [1.807, 2.05) is 6.07 Å². The van der Waals surface area contributed by atoms with Crippen molar-refractivity contribution < 1.29 is 0 Å². The molecule has 0 bridgehead atoms. The molecule has 0 saturated carbocycles. The van der Waals surface area contributed by atoms with Crippen LogP contribution in [0.15, 0.2) is 39.9 Å². The number of H-pyrrole nitrogens is 1. The van der Waals surface area contributed by atoms with E-state index >= 15 is 0 Å². The van der Waals surface area contributed by atoms with Crippen molar-refractivity contribution >= 4 is 11.6 Å². The van der Waals surface area contributed by atoms with Gasteiger partial charge in [0.1, 0.15) is 11.2 Å². The van der Waals surface area contributed by atoms with Crippen LogP contribution in [0.4, 0.5) is 0 Å². The molecule has 0 aliphatic rings. The highest BCUT2D eigenvalue weighted by Crippen LogP contribution is 2.09. The second-order valence-corrected chi connectivity index (χ2v) is 3.63. The summed E-state index contributed by atoms with van der Waals surface area (Å²) in [5.41, 5.74) is -0.785. The first-order valence-electron chi connectivity index (χ1n) is 4.65. The summed E-state index contributed by atoms with van der Waals surface area (Å²) < 4.78 is 0.866. The van der Waals surface area contributed by atoms with Crippen LogP contribution < -0.4 is 11.2 Å². The van der Waals surface area contributed by atoms with Gasteiger partial charge in [0.15, 0.2) is 0 Å². The summed E-state index contributed by atoms with van der Waals surface area (Å²) in [7, 11) is 0. The first-order chi connectivity index (χ1) is 8.13. The number of nitrogens with zero attached hydrogens (tertiary/aromatic N) is 2. The summed E-state index contributed by atoms with van der Waals surface area (Å²) in [5, 5.41) is 8.88. The first kappa shape index (κ1) is 11.2. The standard InChI is InChI=1S/C11H6ClN3O2/c12-9-5-10(16)15(11(17)14-9)8-4-2-1-3-7(8)6-13/h1-5H,(H,14,17). The number of nitrogens with one attached hydrogen (secondary N) is 1. The molecule has 0 fully saturated rings. The van der Waals surface area contributed by atoms with Crippen molar-refractivity contribution in [3.63, 3.8) is 0 Å². The SMILES string of the molecule is N#Cc1ccccc1-n1c(=O)cc(Cl)[nH]c1=O. The van der Waals surface area contributed by atoms with Crippen molar-refractivity contribution in [1.29, 1.82) is 5.26 Å². The average molecular weight is 248 g/mol. The minimum atomic E-state index is -0.676. The molecule has 0 atom stereocenters. The van der Waals surface area contributed by atoms with E-state index in [-0.39, 0.29) is 16.4 Å². The van der Waals surface area contributed by atoms with Crippen LogP contribution in [-0.4, -0.2) is 9.55 Å². The van der Waals surface area contributed by atoms with Gasteiger partial charge in [0.25, 0.3) is 5.56 Å². The van der Waals surface area contributed by atoms with E-state index in [0.29, 0.717) is 0 Å². The van der Waals surface area contributed by atoms with Crippen LogP contribution >= 0.6 is 11.6 Å². The summed E-state index contributed by atoms with van der Waals surface area (Å²) in [6, 6.07) is 9.32. The topological polar surface area (TPSA) is 78.7 Å². The van der Waals surface area contributed by atoms with Gasteiger partial charge >= 0.3 is 5.69 Å². The van der Waals surface area contributed by atoms with E-state index in [1.54, 1.807) is 12.1 Å². The fraction of sp³-hybridized carbons (Fsp3) is 0. The average Bonchev–Trinajstić information content (AvgIpc) is 2.28. The maximum atomic E-state index is 11.7. The Morgan fingerprint density at radius 3 is 2.65 bits per heavy atom. The molecule has 5 nitrogen and oxygen atoms in total. The van der Waals surface area contributed by atoms with Crippen LogP contribution in [0.2, 0.25) is 5.15 Å². The number of halogens is 1. The minimum Gasteiger partial charge on any atom is -0.297 e. The summed E-state index contributed by atoms with van der Waals surface area (Å²) in [5.74, 6) is 0. The Labute approximate surface area is 101 Å². The van der Waals surface area contributed by atoms with Gasteiger partial charge in [-0.3, -0.25) is 9.78 Å². The van der Waals surface area contributed by atoms with E-state index < -0.39 is 11.2 Å². The zero-order chi connectivity index (χ0) is 12.4. The number of aromatic amines is 1. The van der Waals surface area contributed by atoms with Crippen LogP contribution in [0.25, 0.3) is 5.69 Å². The summed E-state index contributed by atoms with van der Waals surface area (Å²) >= 11 is 5.55. The van der Waals surface area contributed by atoms with E-state index in [2.05, 4.69) is 4.98 Å². The Kier molecular flexibility index (Phi) is 2.81. The number of benzene rings is 1. The van der Waals surface area contributed by atoms with Gasteiger partial charge in [0.2, 0.25) is 0 Å². The number of nitriles is 1. The van der Waals surface area contributed by atoms with Crippen molar-refractivity contribution in [3.05, 3.63) is 61.9 Å². The molecule has 6 heteroatoms. The molecule has 84 valence electrons. The molecule has 2 rings (SSSR count). The number of aromatic nitrogens is 2. The van der Waals surface area contributed by atoms with Gasteiger partial charge in [-0.1, -0.05) is 23.7 Å². The lowest BCUT2D eigenvalue weighted by Gasteiger charge is -2.05. The predicted molar refractivity (Wildman–Crippen MR) is 62.4 cm³/mol. The van der Waals surface area contributed by atoms with E-state index in [1.165, 1.54) is 12.1 Å². The highest BCUT2D eigenvalue weighted by atomic mass is 35.5. The van der Waals surface area contributed by atoms with Crippen LogP contribution in [0.5, 0.6) is 0 Å². The Hall–Kier alpha value is -2.32. The molecule has 0 saturated heterocycles. The van der Waals surface area contributed by atoms with E-state index in [4.69, 9.17) is 16.9 Å². The normalized spacial score (nSPS) is 9.88. The number of para-hydroxylation sites is 1. The largest absolute Gasteiger partial charge is 0.334 e. The molecule has 0 aliphatic heterocycles. The van der Waals surface area contributed by atoms with Gasteiger partial charge < -0.3 is 0 Å². The molecule has 1 N–H and O–H groups in total. The van der Waals surface area contributed by atoms with Gasteiger partial charge in [-0.05, 0) is 12.1 Å². The number of hydrogen-bond acceptors (Lipinski definition) is 3. The zero-order valence-corrected chi connectivity index (χ0v) is 9.23. The summed E-state index contributed by atoms with van der Waals surface area (Å²) in [6.45, 7) is 0. The Morgan fingerprint density at radius 2 is 2.00 bits per heavy atom.